The van der Waals surface area contributed by atoms with E-state index in [0.29, 0.717) is 11.4 Å². The van der Waals surface area contributed by atoms with Crippen molar-refractivity contribution in [2.24, 2.45) is 5.41 Å². The Morgan fingerprint density at radius 3 is 2.43 bits per heavy atom. The predicted molar refractivity (Wildman–Crippen MR) is 82.7 cm³/mol. The molecule has 1 saturated heterocycles. The van der Waals surface area contributed by atoms with Crippen LogP contribution in [-0.2, 0) is 14.6 Å². The van der Waals surface area contributed by atoms with Crippen molar-refractivity contribution in [2.75, 3.05) is 12.3 Å². The molecule has 5 heteroatoms. The third-order valence-electron chi connectivity index (χ3n) is 3.79. The lowest BCUT2D eigenvalue weighted by Crippen LogP contribution is -2.45. The van der Waals surface area contributed by atoms with Crippen molar-refractivity contribution in [3.8, 4) is 0 Å². The molecule has 0 radical (unpaired) electrons. The van der Waals surface area contributed by atoms with Crippen molar-refractivity contribution in [2.45, 2.75) is 44.6 Å². The summed E-state index contributed by atoms with van der Waals surface area (Å²) in [4.78, 5) is 14.5. The summed E-state index contributed by atoms with van der Waals surface area (Å²) in [7, 11) is -3.35. The third kappa shape index (κ3) is 3.64. The Morgan fingerprint density at radius 2 is 1.86 bits per heavy atom. The van der Waals surface area contributed by atoms with Crippen LogP contribution in [0.1, 0.15) is 33.6 Å². The molecular formula is C16H23NO3S. The lowest BCUT2D eigenvalue weighted by Gasteiger charge is -2.30. The molecule has 0 aromatic heterocycles. The van der Waals surface area contributed by atoms with Crippen molar-refractivity contribution in [3.05, 3.63) is 30.3 Å². The van der Waals surface area contributed by atoms with Crippen LogP contribution in [-0.4, -0.2) is 37.6 Å². The first kappa shape index (κ1) is 16.0. The van der Waals surface area contributed by atoms with Crippen LogP contribution in [0.5, 0.6) is 0 Å². The number of carbonyl (C=O) groups is 1. The minimum atomic E-state index is -3.35. The maximum absolute atomic E-state index is 12.5. The lowest BCUT2D eigenvalue weighted by molar-refractivity contribution is -0.139. The topological polar surface area (TPSA) is 54.5 Å². The van der Waals surface area contributed by atoms with E-state index in [0.717, 1.165) is 12.8 Å². The molecule has 1 amide bonds. The zero-order valence-electron chi connectivity index (χ0n) is 12.9. The van der Waals surface area contributed by atoms with Crippen molar-refractivity contribution in [1.82, 2.24) is 4.90 Å². The zero-order chi connectivity index (χ0) is 15.7. The van der Waals surface area contributed by atoms with Crippen LogP contribution in [0.3, 0.4) is 0 Å². The molecule has 4 nitrogen and oxygen atoms in total. The second-order valence-corrected chi connectivity index (χ2v) is 8.67. The second-order valence-electron chi connectivity index (χ2n) is 6.64. The van der Waals surface area contributed by atoms with Gasteiger partial charge in [0, 0.05) is 18.0 Å². The molecular weight excluding hydrogens is 286 g/mol. The van der Waals surface area contributed by atoms with Crippen LogP contribution in [0.4, 0.5) is 0 Å². The normalized spacial score (nSPS) is 19.8. The van der Waals surface area contributed by atoms with Gasteiger partial charge in [0.15, 0.2) is 9.84 Å². The van der Waals surface area contributed by atoms with Gasteiger partial charge in [-0.05, 0) is 25.0 Å². The van der Waals surface area contributed by atoms with Gasteiger partial charge < -0.3 is 4.90 Å². The molecule has 1 aromatic carbocycles. The van der Waals surface area contributed by atoms with E-state index < -0.39 is 15.3 Å². The predicted octanol–water partition coefficient (Wildman–Crippen LogP) is 2.50. The Bertz CT molecular complexity index is 602. The minimum absolute atomic E-state index is 0.0127. The highest BCUT2D eigenvalue weighted by Gasteiger charge is 2.37. The first-order valence-corrected chi connectivity index (χ1v) is 8.96. The monoisotopic (exact) mass is 309 g/mol. The van der Waals surface area contributed by atoms with Gasteiger partial charge in [-0.3, -0.25) is 4.79 Å². The van der Waals surface area contributed by atoms with Crippen molar-refractivity contribution in [1.29, 1.82) is 0 Å². The van der Waals surface area contributed by atoms with E-state index in [2.05, 4.69) is 0 Å². The Balaban J connectivity index is 2.17. The number of benzene rings is 1. The maximum atomic E-state index is 12.5. The largest absolute Gasteiger partial charge is 0.338 e. The highest BCUT2D eigenvalue weighted by atomic mass is 32.2. The van der Waals surface area contributed by atoms with Crippen molar-refractivity contribution < 1.29 is 13.2 Å². The van der Waals surface area contributed by atoms with Gasteiger partial charge in [-0.15, -0.1) is 0 Å². The molecule has 2 rings (SSSR count). The van der Waals surface area contributed by atoms with E-state index in [-0.39, 0.29) is 17.7 Å². The van der Waals surface area contributed by atoms with Gasteiger partial charge in [-0.2, -0.15) is 0 Å². The molecule has 21 heavy (non-hydrogen) atoms. The van der Waals surface area contributed by atoms with Gasteiger partial charge in [0.1, 0.15) is 0 Å². The zero-order valence-corrected chi connectivity index (χ0v) is 13.7. The van der Waals surface area contributed by atoms with E-state index >= 15 is 0 Å². The first-order chi connectivity index (χ1) is 9.72. The fraction of sp³-hybridized carbons (Fsp3) is 0.562. The van der Waals surface area contributed by atoms with Gasteiger partial charge in [0.2, 0.25) is 5.91 Å². The highest BCUT2D eigenvalue weighted by Crippen LogP contribution is 2.27. The average Bonchev–Trinajstić information content (AvgIpc) is 2.85. The summed E-state index contributed by atoms with van der Waals surface area (Å²) in [5.41, 5.74) is -0.473. The number of hydrogen-bond acceptors (Lipinski definition) is 3. The third-order valence-corrected chi connectivity index (χ3v) is 5.61. The van der Waals surface area contributed by atoms with E-state index in [1.165, 1.54) is 0 Å². The Morgan fingerprint density at radius 1 is 1.24 bits per heavy atom. The second kappa shape index (κ2) is 5.79. The highest BCUT2D eigenvalue weighted by molar-refractivity contribution is 7.91. The standard InChI is InChI=1S/C16H23NO3S/c1-16(2,3)15(18)17-11-7-8-13(17)12-21(19,20)14-9-5-4-6-10-14/h4-6,9-10,13H,7-8,11-12H2,1-3H3. The first-order valence-electron chi connectivity index (χ1n) is 7.31. The molecule has 0 spiro atoms. The molecule has 1 aliphatic rings. The number of hydrogen-bond donors (Lipinski definition) is 0. The van der Waals surface area contributed by atoms with Gasteiger partial charge in [0.25, 0.3) is 0 Å². The van der Waals surface area contributed by atoms with E-state index in [1.807, 2.05) is 20.8 Å². The fourth-order valence-electron chi connectivity index (χ4n) is 2.68. The van der Waals surface area contributed by atoms with Crippen LogP contribution in [0, 0.1) is 5.41 Å². The van der Waals surface area contributed by atoms with Crippen LogP contribution >= 0.6 is 0 Å². The van der Waals surface area contributed by atoms with E-state index in [4.69, 9.17) is 0 Å². The fourth-order valence-corrected chi connectivity index (χ4v) is 4.30. The van der Waals surface area contributed by atoms with Crippen LogP contribution in [0.25, 0.3) is 0 Å². The summed E-state index contributed by atoms with van der Waals surface area (Å²) in [6, 6.07) is 8.26. The summed E-state index contributed by atoms with van der Waals surface area (Å²) >= 11 is 0. The van der Waals surface area contributed by atoms with Crippen LogP contribution in [0.15, 0.2) is 35.2 Å². The number of sulfone groups is 1. The van der Waals surface area contributed by atoms with Gasteiger partial charge in [0.05, 0.1) is 10.6 Å². The molecule has 0 saturated carbocycles. The lowest BCUT2D eigenvalue weighted by atomic mass is 9.94. The van der Waals surface area contributed by atoms with Gasteiger partial charge >= 0.3 is 0 Å². The average molecular weight is 309 g/mol. The Kier molecular flexibility index (Phi) is 4.42. The maximum Gasteiger partial charge on any atom is 0.228 e. The van der Waals surface area contributed by atoms with E-state index in [9.17, 15) is 13.2 Å². The number of nitrogens with zero attached hydrogens (tertiary/aromatic N) is 1. The molecule has 0 bridgehead atoms. The summed E-state index contributed by atoms with van der Waals surface area (Å²) in [6.45, 7) is 6.27. The SMILES string of the molecule is CC(C)(C)C(=O)N1CCCC1CS(=O)(=O)c1ccccc1. The van der Waals surface area contributed by atoms with Gasteiger partial charge in [-0.1, -0.05) is 39.0 Å². The molecule has 116 valence electrons. The minimum Gasteiger partial charge on any atom is -0.338 e. The van der Waals surface area contributed by atoms with Crippen molar-refractivity contribution in [3.63, 3.8) is 0 Å². The smallest absolute Gasteiger partial charge is 0.228 e. The summed E-state index contributed by atoms with van der Waals surface area (Å²) in [6.07, 6.45) is 1.63. The quantitative estimate of drug-likeness (QED) is 0.862. The number of carbonyl (C=O) groups excluding carboxylic acids is 1. The molecule has 0 aliphatic carbocycles. The molecule has 1 unspecified atom stereocenters. The summed E-state index contributed by atoms with van der Waals surface area (Å²) < 4.78 is 24.9. The van der Waals surface area contributed by atoms with Crippen LogP contribution in [0.2, 0.25) is 0 Å². The van der Waals surface area contributed by atoms with E-state index in [1.54, 1.807) is 35.2 Å². The summed E-state index contributed by atoms with van der Waals surface area (Å²) in [5.74, 6) is 0.0482. The number of rotatable bonds is 3. The van der Waals surface area contributed by atoms with Crippen molar-refractivity contribution >= 4 is 15.7 Å². The molecule has 1 aromatic rings. The molecule has 1 fully saturated rings. The Hall–Kier alpha value is -1.36. The number of amides is 1. The molecule has 1 atom stereocenters. The molecule has 1 heterocycles. The number of likely N-dealkylation sites (tertiary alicyclic amines) is 1. The Labute approximate surface area is 127 Å². The van der Waals surface area contributed by atoms with Gasteiger partial charge in [-0.25, -0.2) is 8.42 Å². The van der Waals surface area contributed by atoms with Crippen LogP contribution < -0.4 is 0 Å². The summed E-state index contributed by atoms with van der Waals surface area (Å²) in [5, 5.41) is 0. The molecule has 0 N–H and O–H groups in total. The molecule has 1 aliphatic heterocycles.